The minimum atomic E-state index is -1.79. The lowest BCUT2D eigenvalue weighted by Crippen LogP contribution is -2.60. The highest BCUT2D eigenvalue weighted by Gasteiger charge is 2.58. The summed E-state index contributed by atoms with van der Waals surface area (Å²) in [4.78, 5) is 16.2. The Kier molecular flexibility index (Phi) is 13.8. The van der Waals surface area contributed by atoms with E-state index in [1.807, 2.05) is 41.7 Å². The van der Waals surface area contributed by atoms with Gasteiger partial charge in [-0.25, -0.2) is 0 Å². The Morgan fingerprint density at radius 3 is 2.16 bits per heavy atom. The number of aliphatic hydroxyl groups excluding tert-OH is 3. The smallest absolute Gasteiger partial charge is 0.311 e. The van der Waals surface area contributed by atoms with Crippen LogP contribution >= 0.6 is 0 Å². The number of cyclic esters (lactones) is 1. The first-order valence-electron chi connectivity index (χ1n) is 19.2. The van der Waals surface area contributed by atoms with Crippen LogP contribution in [0.25, 0.3) is 0 Å². The molecule has 0 radical (unpaired) electrons. The number of likely N-dealkylation sites (N-methyl/N-ethyl adjacent to an activating group) is 1. The summed E-state index contributed by atoms with van der Waals surface area (Å²) < 4.78 is 45.0. The van der Waals surface area contributed by atoms with Gasteiger partial charge in [-0.2, -0.15) is 0 Å². The maximum Gasteiger partial charge on any atom is 0.311 e. The number of rotatable bonds is 8. The number of ether oxygens (including phenoxy) is 7. The Bertz CT molecular complexity index is 1160. The standard InChI is InChI=1S/C38H69NO12/c1-14-26-38(11,44)31(41)21(5)29-19(3)17-37(10,51-29)33(50-35-28(40)25(39(12)15-2)16-20(4)46-35)22(6)30(23(7)34(43)48-26)49-27-18-36(9,45-13)32(42)24(8)47-27/h19-33,35,40-42,44H,14-18H2,1-13H3/t19?,20-,21+,22?,23?,24+,25+,26?,27-,28-,29?,30+,31-,32+,33-,35-,36-,37+,38-/m1/s1. The molecule has 51 heavy (non-hydrogen) atoms. The fourth-order valence-corrected chi connectivity index (χ4v) is 9.36. The van der Waals surface area contributed by atoms with E-state index >= 15 is 0 Å². The van der Waals surface area contributed by atoms with E-state index in [0.29, 0.717) is 12.8 Å². The van der Waals surface area contributed by atoms with Gasteiger partial charge in [0.1, 0.15) is 23.9 Å². The van der Waals surface area contributed by atoms with Crippen molar-refractivity contribution in [2.24, 2.45) is 23.7 Å². The van der Waals surface area contributed by atoms with Crippen LogP contribution in [-0.4, -0.2) is 142 Å². The molecule has 4 rings (SSSR count). The highest BCUT2D eigenvalue weighted by atomic mass is 16.7. The molecule has 298 valence electrons. The summed E-state index contributed by atoms with van der Waals surface area (Å²) in [6.07, 6.45) is -7.50. The summed E-state index contributed by atoms with van der Waals surface area (Å²) in [5, 5.41) is 46.1. The molecule has 2 bridgehead atoms. The normalized spacial score (nSPS) is 51.8. The number of hydrogen-bond donors (Lipinski definition) is 4. The van der Waals surface area contributed by atoms with Gasteiger partial charge in [0.25, 0.3) is 0 Å². The van der Waals surface area contributed by atoms with Crippen molar-refractivity contribution >= 4 is 5.97 Å². The number of methoxy groups -OCH3 is 1. The molecule has 0 spiro atoms. The number of hydrogen-bond acceptors (Lipinski definition) is 13. The minimum Gasteiger partial charge on any atom is -0.459 e. The number of carbonyl (C=O) groups excluding carboxylic acids is 1. The van der Waals surface area contributed by atoms with Crippen molar-refractivity contribution in [1.29, 1.82) is 0 Å². The minimum absolute atomic E-state index is 0.0578. The Labute approximate surface area is 305 Å². The van der Waals surface area contributed by atoms with E-state index in [1.165, 1.54) is 14.0 Å². The monoisotopic (exact) mass is 731 g/mol. The lowest BCUT2D eigenvalue weighted by atomic mass is 9.76. The molecule has 0 aromatic heterocycles. The summed E-state index contributed by atoms with van der Waals surface area (Å²) in [5.74, 6) is -2.72. The van der Waals surface area contributed by atoms with Gasteiger partial charge in [-0.15, -0.1) is 0 Å². The number of carbonyl (C=O) groups is 1. The number of nitrogens with zero attached hydrogens (tertiary/aromatic N) is 1. The Balaban J connectivity index is 1.83. The fourth-order valence-electron chi connectivity index (χ4n) is 9.36. The van der Waals surface area contributed by atoms with Crippen LogP contribution in [0.4, 0.5) is 0 Å². The molecular weight excluding hydrogens is 662 g/mol. The predicted molar refractivity (Wildman–Crippen MR) is 189 cm³/mol. The lowest BCUT2D eigenvalue weighted by molar-refractivity contribution is -0.319. The predicted octanol–water partition coefficient (Wildman–Crippen LogP) is 3.01. The molecule has 4 saturated heterocycles. The van der Waals surface area contributed by atoms with E-state index in [2.05, 4.69) is 11.8 Å². The van der Waals surface area contributed by atoms with Crippen LogP contribution in [0.1, 0.15) is 102 Å². The molecule has 4 aliphatic heterocycles. The maximum absolute atomic E-state index is 14.2. The third kappa shape index (κ3) is 8.49. The van der Waals surface area contributed by atoms with Crippen LogP contribution in [0.3, 0.4) is 0 Å². The molecular formula is C38H69NO12. The van der Waals surface area contributed by atoms with Crippen LogP contribution < -0.4 is 0 Å². The van der Waals surface area contributed by atoms with Gasteiger partial charge in [-0.1, -0.05) is 34.6 Å². The van der Waals surface area contributed by atoms with Crippen molar-refractivity contribution in [3.8, 4) is 0 Å². The van der Waals surface area contributed by atoms with Crippen LogP contribution in [0.2, 0.25) is 0 Å². The topological polar surface area (TPSA) is 166 Å². The number of fused-ring (bicyclic) bond motifs is 2. The van der Waals surface area contributed by atoms with Crippen molar-refractivity contribution in [2.75, 3.05) is 20.7 Å². The molecule has 0 amide bonds. The van der Waals surface area contributed by atoms with Gasteiger partial charge in [-0.05, 0) is 80.3 Å². The Hall–Kier alpha value is -0.970. The van der Waals surface area contributed by atoms with Gasteiger partial charge in [-0.3, -0.25) is 4.79 Å². The zero-order valence-corrected chi connectivity index (χ0v) is 33.3. The summed E-state index contributed by atoms with van der Waals surface area (Å²) >= 11 is 0. The highest BCUT2D eigenvalue weighted by Crippen LogP contribution is 2.48. The first-order chi connectivity index (χ1) is 23.6. The molecule has 4 fully saturated rings. The Morgan fingerprint density at radius 1 is 0.922 bits per heavy atom. The lowest BCUT2D eigenvalue weighted by Gasteiger charge is -2.49. The van der Waals surface area contributed by atoms with Crippen LogP contribution in [0, 0.1) is 23.7 Å². The second kappa shape index (κ2) is 16.4. The highest BCUT2D eigenvalue weighted by molar-refractivity contribution is 5.73. The molecule has 13 nitrogen and oxygen atoms in total. The molecule has 0 aliphatic carbocycles. The van der Waals surface area contributed by atoms with Gasteiger partial charge in [0.15, 0.2) is 12.6 Å². The van der Waals surface area contributed by atoms with Crippen LogP contribution in [0.15, 0.2) is 0 Å². The molecule has 0 aromatic rings. The third-order valence-corrected chi connectivity index (χ3v) is 12.8. The van der Waals surface area contributed by atoms with Gasteiger partial charge in [0.05, 0.1) is 53.7 Å². The van der Waals surface area contributed by atoms with Crippen LogP contribution in [-0.2, 0) is 38.0 Å². The van der Waals surface area contributed by atoms with E-state index in [1.54, 1.807) is 27.7 Å². The number of aliphatic hydroxyl groups is 4. The SMILES string of the molecule is CCC1OC(=O)C(C)[C@@H](O[C@@H]2C[C@@](C)(OC)[C@@H](O)[C@H](C)O2)C(C)[C@@H](O[C@H]2O[C@H](C)C[C@H](N(C)CC)[C@H]2O)[C@]2(C)CC(C)C(O2)[C@H](C)[C@@H](O)[C@]1(C)O. The van der Waals surface area contributed by atoms with E-state index in [9.17, 15) is 25.2 Å². The molecule has 5 unspecified atom stereocenters. The summed E-state index contributed by atoms with van der Waals surface area (Å²) in [6, 6.07) is -0.211. The van der Waals surface area contributed by atoms with E-state index < -0.39 is 102 Å². The van der Waals surface area contributed by atoms with E-state index in [4.69, 9.17) is 33.2 Å². The van der Waals surface area contributed by atoms with Gasteiger partial charge in [0, 0.05) is 31.4 Å². The first-order valence-corrected chi connectivity index (χ1v) is 19.2. The summed E-state index contributed by atoms with van der Waals surface area (Å²) in [5.41, 5.74) is -3.76. The molecule has 13 heteroatoms. The van der Waals surface area contributed by atoms with Crippen LogP contribution in [0.5, 0.6) is 0 Å². The first kappa shape index (κ1) is 42.8. The molecule has 4 aliphatic rings. The zero-order valence-electron chi connectivity index (χ0n) is 33.3. The van der Waals surface area contributed by atoms with Crippen molar-refractivity contribution in [1.82, 2.24) is 4.90 Å². The van der Waals surface area contributed by atoms with Gasteiger partial charge in [0.2, 0.25) is 0 Å². The second-order valence-corrected chi connectivity index (χ2v) is 16.9. The quantitative estimate of drug-likeness (QED) is 0.270. The summed E-state index contributed by atoms with van der Waals surface area (Å²) in [6.45, 7) is 21.1. The fraction of sp³-hybridized carbons (Fsp3) is 0.974. The molecule has 4 N–H and O–H groups in total. The second-order valence-electron chi connectivity index (χ2n) is 16.9. The van der Waals surface area contributed by atoms with Gasteiger partial charge >= 0.3 is 5.97 Å². The average molecular weight is 732 g/mol. The molecule has 0 saturated carbocycles. The van der Waals surface area contributed by atoms with E-state index in [-0.39, 0.29) is 30.9 Å². The Morgan fingerprint density at radius 2 is 1.57 bits per heavy atom. The van der Waals surface area contributed by atoms with Crippen molar-refractivity contribution in [3.05, 3.63) is 0 Å². The third-order valence-electron chi connectivity index (χ3n) is 12.8. The van der Waals surface area contributed by atoms with Crippen molar-refractivity contribution in [2.45, 2.75) is 192 Å². The molecule has 0 aromatic carbocycles. The number of esters is 1. The maximum atomic E-state index is 14.2. The molecule has 4 heterocycles. The zero-order chi connectivity index (χ0) is 38.4. The van der Waals surface area contributed by atoms with Crippen molar-refractivity contribution in [3.63, 3.8) is 0 Å². The largest absolute Gasteiger partial charge is 0.459 e. The van der Waals surface area contributed by atoms with Gasteiger partial charge < -0.3 is 58.5 Å². The van der Waals surface area contributed by atoms with Crippen molar-refractivity contribution < 1.29 is 58.4 Å². The average Bonchev–Trinajstić information content (AvgIpc) is 3.40. The molecule has 19 atom stereocenters. The van der Waals surface area contributed by atoms with E-state index in [0.717, 1.165) is 6.54 Å². The summed E-state index contributed by atoms with van der Waals surface area (Å²) in [7, 11) is 3.50.